The Balaban J connectivity index is 1.93. The molecule has 1 aliphatic rings. The minimum absolute atomic E-state index is 0.0634. The molecule has 2 aromatic rings. The fraction of sp³-hybridized carbons (Fsp3) is 0.571. The van der Waals surface area contributed by atoms with Gasteiger partial charge in [-0.05, 0) is 56.2 Å². The molecule has 0 spiro atoms. The number of halogens is 1. The summed E-state index contributed by atoms with van der Waals surface area (Å²) in [5.74, 6) is 0.808. The summed E-state index contributed by atoms with van der Waals surface area (Å²) in [6, 6.07) is 7.81. The zero-order valence-electron chi connectivity index (χ0n) is 16.0. The van der Waals surface area contributed by atoms with Crippen LogP contribution < -0.4 is 15.6 Å². The summed E-state index contributed by atoms with van der Waals surface area (Å²) in [6.45, 7) is 3.64. The first kappa shape index (κ1) is 19.8. The molecule has 1 heterocycles. The Morgan fingerprint density at radius 3 is 2.81 bits per heavy atom. The first-order valence-corrected chi connectivity index (χ1v) is 9.90. The second-order valence-electron chi connectivity index (χ2n) is 6.93. The molecule has 0 aliphatic heterocycles. The Kier molecular flexibility index (Phi) is 7.24. The standard InChI is InChI=1S/C21H29FN2O3/c1-2-26-12-11-24-20-14-19(27-18-5-3-4-6-18)8-7-16(20)13-17(21(24)25)15-23-10-9-22/h7-8,13-14,18,23H,2-6,9-12,15H2,1H3. The predicted octanol–water partition coefficient (Wildman–Crippen LogP) is 3.42. The third-order valence-electron chi connectivity index (χ3n) is 5.00. The summed E-state index contributed by atoms with van der Waals surface area (Å²) in [4.78, 5) is 13.0. The predicted molar refractivity (Wildman–Crippen MR) is 105 cm³/mol. The smallest absolute Gasteiger partial charge is 0.255 e. The lowest BCUT2D eigenvalue weighted by atomic mass is 10.1. The molecular formula is C21H29FN2O3. The largest absolute Gasteiger partial charge is 0.490 e. The molecule has 0 saturated heterocycles. The molecule has 6 heteroatoms. The van der Waals surface area contributed by atoms with Crippen LogP contribution in [0.2, 0.25) is 0 Å². The summed E-state index contributed by atoms with van der Waals surface area (Å²) in [5, 5.41) is 3.94. The van der Waals surface area contributed by atoms with E-state index in [0.29, 0.717) is 31.9 Å². The molecule has 0 atom stereocenters. The summed E-state index contributed by atoms with van der Waals surface area (Å²) in [5.41, 5.74) is 1.42. The van der Waals surface area contributed by atoms with E-state index in [1.807, 2.05) is 31.2 Å². The number of rotatable bonds is 10. The van der Waals surface area contributed by atoms with Crippen molar-refractivity contribution in [2.24, 2.45) is 0 Å². The molecule has 1 aromatic carbocycles. The maximum atomic E-state index is 13.0. The van der Waals surface area contributed by atoms with Crippen molar-refractivity contribution in [3.63, 3.8) is 0 Å². The Labute approximate surface area is 159 Å². The zero-order valence-corrected chi connectivity index (χ0v) is 16.0. The lowest BCUT2D eigenvalue weighted by Gasteiger charge is -2.17. The van der Waals surface area contributed by atoms with Crippen LogP contribution in [0.3, 0.4) is 0 Å². The van der Waals surface area contributed by atoms with Crippen LogP contribution in [0.15, 0.2) is 29.1 Å². The van der Waals surface area contributed by atoms with Crippen molar-refractivity contribution in [1.82, 2.24) is 9.88 Å². The lowest BCUT2D eigenvalue weighted by molar-refractivity contribution is 0.139. The fourth-order valence-electron chi connectivity index (χ4n) is 3.62. The number of ether oxygens (including phenoxy) is 2. The molecule has 1 saturated carbocycles. The SMILES string of the molecule is CCOCCn1c(=O)c(CNCCF)cc2ccc(OC3CCCC3)cc21. The molecule has 0 radical (unpaired) electrons. The summed E-state index contributed by atoms with van der Waals surface area (Å²) >= 11 is 0. The van der Waals surface area contributed by atoms with Crippen molar-refractivity contribution >= 4 is 10.9 Å². The van der Waals surface area contributed by atoms with E-state index in [4.69, 9.17) is 9.47 Å². The Morgan fingerprint density at radius 1 is 1.26 bits per heavy atom. The van der Waals surface area contributed by atoms with Crippen molar-refractivity contribution in [1.29, 1.82) is 0 Å². The Morgan fingerprint density at radius 2 is 2.07 bits per heavy atom. The minimum Gasteiger partial charge on any atom is -0.490 e. The summed E-state index contributed by atoms with van der Waals surface area (Å²) in [7, 11) is 0. The Hall–Kier alpha value is -1.92. The van der Waals surface area contributed by atoms with E-state index in [1.165, 1.54) is 12.8 Å². The van der Waals surface area contributed by atoms with Crippen molar-refractivity contribution in [2.45, 2.75) is 51.8 Å². The number of fused-ring (bicyclic) bond motifs is 1. The number of nitrogens with zero attached hydrogens (tertiary/aromatic N) is 1. The van der Waals surface area contributed by atoms with E-state index in [1.54, 1.807) is 4.57 Å². The van der Waals surface area contributed by atoms with Gasteiger partial charge in [-0.1, -0.05) is 0 Å². The van der Waals surface area contributed by atoms with E-state index in [0.717, 1.165) is 29.5 Å². The first-order chi connectivity index (χ1) is 13.2. The Bertz CT molecular complexity index is 800. The quantitative estimate of drug-likeness (QED) is 0.646. The highest BCUT2D eigenvalue weighted by Crippen LogP contribution is 2.26. The van der Waals surface area contributed by atoms with Gasteiger partial charge in [-0.15, -0.1) is 0 Å². The van der Waals surface area contributed by atoms with E-state index in [2.05, 4.69) is 5.32 Å². The molecule has 1 fully saturated rings. The zero-order chi connectivity index (χ0) is 19.1. The lowest BCUT2D eigenvalue weighted by Crippen LogP contribution is -2.29. The van der Waals surface area contributed by atoms with Crippen molar-refractivity contribution in [3.8, 4) is 5.75 Å². The molecule has 27 heavy (non-hydrogen) atoms. The number of hydrogen-bond acceptors (Lipinski definition) is 4. The number of pyridine rings is 1. The van der Waals surface area contributed by atoms with Gasteiger partial charge in [0.25, 0.3) is 5.56 Å². The molecule has 1 aromatic heterocycles. The topological polar surface area (TPSA) is 52.5 Å². The molecule has 148 valence electrons. The fourth-order valence-corrected chi connectivity index (χ4v) is 3.62. The number of aromatic nitrogens is 1. The van der Waals surface area contributed by atoms with E-state index in [-0.39, 0.29) is 18.2 Å². The number of nitrogens with one attached hydrogen (secondary N) is 1. The average molecular weight is 376 g/mol. The van der Waals surface area contributed by atoms with Gasteiger partial charge in [-0.3, -0.25) is 4.79 Å². The second-order valence-corrected chi connectivity index (χ2v) is 6.93. The minimum atomic E-state index is -0.450. The molecule has 3 rings (SSSR count). The van der Waals surface area contributed by atoms with Gasteiger partial charge >= 0.3 is 0 Å². The van der Waals surface area contributed by atoms with Crippen LogP contribution in [0.5, 0.6) is 5.75 Å². The van der Waals surface area contributed by atoms with E-state index < -0.39 is 6.67 Å². The van der Waals surface area contributed by atoms with E-state index >= 15 is 0 Å². The average Bonchev–Trinajstić information content (AvgIpc) is 3.18. The van der Waals surface area contributed by atoms with E-state index in [9.17, 15) is 9.18 Å². The highest BCUT2D eigenvalue weighted by atomic mass is 19.1. The maximum Gasteiger partial charge on any atom is 0.255 e. The number of benzene rings is 1. The van der Waals surface area contributed by atoms with Crippen molar-refractivity contribution in [2.75, 3.05) is 26.4 Å². The van der Waals surface area contributed by atoms with Gasteiger partial charge in [0.1, 0.15) is 12.4 Å². The van der Waals surface area contributed by atoms with Crippen LogP contribution in [0, 0.1) is 0 Å². The molecule has 0 amide bonds. The molecular weight excluding hydrogens is 347 g/mol. The van der Waals surface area contributed by atoms with Crippen LogP contribution in [0.1, 0.15) is 38.2 Å². The van der Waals surface area contributed by atoms with Gasteiger partial charge in [0.05, 0.1) is 18.2 Å². The third-order valence-corrected chi connectivity index (χ3v) is 5.00. The highest BCUT2D eigenvalue weighted by molar-refractivity contribution is 5.81. The van der Waals surface area contributed by atoms with Gasteiger partial charge < -0.3 is 19.4 Å². The normalized spacial score (nSPS) is 14.9. The summed E-state index contributed by atoms with van der Waals surface area (Å²) < 4.78 is 25.7. The molecule has 1 N–H and O–H groups in total. The van der Waals surface area contributed by atoms with Crippen LogP contribution in [-0.4, -0.2) is 37.1 Å². The molecule has 1 aliphatic carbocycles. The molecule has 0 unspecified atom stereocenters. The van der Waals surface area contributed by atoms with Crippen molar-refractivity contribution < 1.29 is 13.9 Å². The number of hydrogen-bond donors (Lipinski definition) is 1. The van der Waals surface area contributed by atoms with Gasteiger partial charge in [0.2, 0.25) is 0 Å². The van der Waals surface area contributed by atoms with Crippen LogP contribution >= 0.6 is 0 Å². The second kappa shape index (κ2) is 9.85. The van der Waals surface area contributed by atoms with Gasteiger partial charge in [0.15, 0.2) is 0 Å². The number of alkyl halides is 1. The third kappa shape index (κ3) is 5.08. The van der Waals surface area contributed by atoms with Crippen LogP contribution in [0.4, 0.5) is 4.39 Å². The van der Waals surface area contributed by atoms with Gasteiger partial charge in [0, 0.05) is 37.9 Å². The van der Waals surface area contributed by atoms with Gasteiger partial charge in [-0.2, -0.15) is 0 Å². The maximum absolute atomic E-state index is 13.0. The van der Waals surface area contributed by atoms with Gasteiger partial charge in [-0.25, -0.2) is 4.39 Å². The first-order valence-electron chi connectivity index (χ1n) is 9.90. The molecule has 0 bridgehead atoms. The van der Waals surface area contributed by atoms with Crippen molar-refractivity contribution in [3.05, 3.63) is 40.2 Å². The summed E-state index contributed by atoms with van der Waals surface area (Å²) in [6.07, 6.45) is 4.89. The monoisotopic (exact) mass is 376 g/mol. The van der Waals surface area contributed by atoms with Crippen LogP contribution in [0.25, 0.3) is 10.9 Å². The van der Waals surface area contributed by atoms with Crippen LogP contribution in [-0.2, 0) is 17.8 Å². The molecule has 5 nitrogen and oxygen atoms in total. The highest BCUT2D eigenvalue weighted by Gasteiger charge is 2.17.